The summed E-state index contributed by atoms with van der Waals surface area (Å²) < 4.78 is 48.8. The highest BCUT2D eigenvalue weighted by molar-refractivity contribution is 7.89. The van der Waals surface area contributed by atoms with Crippen molar-refractivity contribution < 1.29 is 22.7 Å². The van der Waals surface area contributed by atoms with Gasteiger partial charge in [-0.2, -0.15) is 0 Å². The summed E-state index contributed by atoms with van der Waals surface area (Å²) in [6, 6.07) is 9.76. The zero-order valence-corrected chi connectivity index (χ0v) is 18.0. The number of hydrogen-bond donors (Lipinski definition) is 2. The van der Waals surface area contributed by atoms with E-state index in [0.717, 1.165) is 11.8 Å². The van der Waals surface area contributed by atoms with E-state index < -0.39 is 28.0 Å². The van der Waals surface area contributed by atoms with Gasteiger partial charge in [-0.3, -0.25) is 9.67 Å². The van der Waals surface area contributed by atoms with E-state index in [1.807, 2.05) is 24.4 Å². The van der Waals surface area contributed by atoms with Gasteiger partial charge in [0.05, 0.1) is 41.6 Å². The molecule has 1 fully saturated rings. The maximum Gasteiger partial charge on any atom is 0.241 e. The lowest BCUT2D eigenvalue weighted by Crippen LogP contribution is -2.50. The van der Waals surface area contributed by atoms with Crippen LogP contribution in [0.2, 0.25) is 0 Å². The van der Waals surface area contributed by atoms with E-state index >= 15 is 0 Å². The Balaban J connectivity index is 1.33. The maximum absolute atomic E-state index is 13.4. The largest absolute Gasteiger partial charge is 0.394 e. The summed E-state index contributed by atoms with van der Waals surface area (Å²) in [6.45, 7) is 0.225. The molecule has 11 heteroatoms. The minimum absolute atomic E-state index is 0.161. The molecule has 170 valence electrons. The Kier molecular flexibility index (Phi) is 6.89. The number of aliphatic hydroxyl groups is 1. The molecule has 0 spiro atoms. The number of halogens is 1. The average Bonchev–Trinajstić information content (AvgIpc) is 3.28. The zero-order valence-electron chi connectivity index (χ0n) is 17.2. The molecule has 2 aromatic heterocycles. The van der Waals surface area contributed by atoms with E-state index in [-0.39, 0.29) is 17.6 Å². The van der Waals surface area contributed by atoms with Crippen LogP contribution < -0.4 is 4.72 Å². The zero-order chi connectivity index (χ0) is 22.6. The Labute approximate surface area is 185 Å². The lowest BCUT2D eigenvalue weighted by molar-refractivity contribution is -0.0891. The van der Waals surface area contributed by atoms with Crippen molar-refractivity contribution in [2.24, 2.45) is 0 Å². The van der Waals surface area contributed by atoms with Crippen LogP contribution in [0.4, 0.5) is 4.39 Å². The highest BCUT2D eigenvalue weighted by atomic mass is 32.2. The van der Waals surface area contributed by atoms with Crippen LogP contribution in [0.25, 0.3) is 11.4 Å². The van der Waals surface area contributed by atoms with Gasteiger partial charge in [0.25, 0.3) is 0 Å². The first-order valence-corrected chi connectivity index (χ1v) is 11.8. The number of benzene rings is 1. The summed E-state index contributed by atoms with van der Waals surface area (Å²) in [5, 5.41) is 18.0. The van der Waals surface area contributed by atoms with Gasteiger partial charge in [-0.15, -0.1) is 5.10 Å². The molecule has 1 aliphatic heterocycles. The number of pyridine rings is 1. The lowest BCUT2D eigenvalue weighted by atomic mass is 9.98. The van der Waals surface area contributed by atoms with Crippen LogP contribution in [0.3, 0.4) is 0 Å². The van der Waals surface area contributed by atoms with Crippen LogP contribution in [0.1, 0.15) is 19.3 Å². The second kappa shape index (κ2) is 9.82. The predicted molar refractivity (Wildman–Crippen MR) is 113 cm³/mol. The molecule has 9 nitrogen and oxygen atoms in total. The van der Waals surface area contributed by atoms with Crippen molar-refractivity contribution in [1.82, 2.24) is 24.7 Å². The number of hydrogen-bond acceptors (Lipinski definition) is 7. The van der Waals surface area contributed by atoms with Gasteiger partial charge in [0.15, 0.2) is 0 Å². The summed E-state index contributed by atoms with van der Waals surface area (Å²) in [7, 11) is -3.93. The van der Waals surface area contributed by atoms with Crippen LogP contribution in [-0.4, -0.2) is 58.4 Å². The Morgan fingerprint density at radius 1 is 1.19 bits per heavy atom. The highest BCUT2D eigenvalue weighted by Gasteiger charge is 2.34. The molecule has 1 aromatic carbocycles. The van der Waals surface area contributed by atoms with Crippen molar-refractivity contribution in [3.8, 4) is 11.4 Å². The summed E-state index contributed by atoms with van der Waals surface area (Å²) in [4.78, 5) is 4.09. The van der Waals surface area contributed by atoms with E-state index in [2.05, 4.69) is 20.0 Å². The molecular weight excluding hydrogens is 437 g/mol. The molecule has 3 atom stereocenters. The molecule has 3 heterocycles. The van der Waals surface area contributed by atoms with Crippen molar-refractivity contribution in [3.63, 3.8) is 0 Å². The molecule has 4 rings (SSSR count). The minimum atomic E-state index is -3.93. The molecule has 0 unspecified atom stereocenters. The quantitative estimate of drug-likeness (QED) is 0.525. The molecule has 0 aliphatic carbocycles. The number of aromatic nitrogens is 4. The molecule has 2 N–H and O–H groups in total. The highest BCUT2D eigenvalue weighted by Crippen LogP contribution is 2.24. The fourth-order valence-electron chi connectivity index (χ4n) is 3.70. The molecule has 1 aliphatic rings. The normalized spacial score (nSPS) is 21.5. The number of nitrogens with zero attached hydrogens (tertiary/aromatic N) is 4. The van der Waals surface area contributed by atoms with Gasteiger partial charge in [-0.1, -0.05) is 17.3 Å². The number of aryl methyl sites for hydroxylation is 1. The first-order valence-electron chi connectivity index (χ1n) is 10.3. The number of aliphatic hydroxyl groups excluding tert-OH is 1. The minimum Gasteiger partial charge on any atom is -0.394 e. The number of nitrogens with one attached hydrogen (secondary N) is 1. The van der Waals surface area contributed by atoms with Crippen LogP contribution >= 0.6 is 0 Å². The van der Waals surface area contributed by atoms with Crippen LogP contribution in [0.15, 0.2) is 59.8 Å². The first-order chi connectivity index (χ1) is 15.4. The smallest absolute Gasteiger partial charge is 0.241 e. The molecule has 0 bridgehead atoms. The van der Waals surface area contributed by atoms with Crippen molar-refractivity contribution in [1.29, 1.82) is 0 Å². The third-order valence-corrected chi connectivity index (χ3v) is 6.84. The summed E-state index contributed by atoms with van der Waals surface area (Å²) in [5.41, 5.74) is 1.41. The van der Waals surface area contributed by atoms with Gasteiger partial charge in [0.2, 0.25) is 10.0 Å². The Morgan fingerprint density at radius 3 is 2.81 bits per heavy atom. The van der Waals surface area contributed by atoms with Crippen molar-refractivity contribution in [2.75, 3.05) is 6.61 Å². The van der Waals surface area contributed by atoms with Gasteiger partial charge in [0, 0.05) is 12.7 Å². The van der Waals surface area contributed by atoms with Gasteiger partial charge in [-0.05, 0) is 49.6 Å². The van der Waals surface area contributed by atoms with Gasteiger partial charge >= 0.3 is 0 Å². The first kappa shape index (κ1) is 22.5. The Hall–Kier alpha value is -2.73. The van der Waals surface area contributed by atoms with E-state index in [1.165, 1.54) is 18.2 Å². The molecule has 3 aromatic rings. The third-order valence-electron chi connectivity index (χ3n) is 5.35. The maximum atomic E-state index is 13.4. The van der Waals surface area contributed by atoms with E-state index in [4.69, 9.17) is 4.74 Å². The number of sulfonamides is 1. The molecule has 1 saturated heterocycles. The number of ether oxygens (including phenoxy) is 1. The third kappa shape index (κ3) is 5.36. The second-order valence-corrected chi connectivity index (χ2v) is 9.33. The lowest BCUT2D eigenvalue weighted by Gasteiger charge is -2.36. The molecule has 32 heavy (non-hydrogen) atoms. The topological polar surface area (TPSA) is 119 Å². The van der Waals surface area contributed by atoms with Gasteiger partial charge in [0.1, 0.15) is 11.5 Å². The summed E-state index contributed by atoms with van der Waals surface area (Å²) in [5.74, 6) is -0.633. The van der Waals surface area contributed by atoms with E-state index in [1.54, 1.807) is 10.9 Å². The predicted octanol–water partition coefficient (Wildman–Crippen LogP) is 1.76. The summed E-state index contributed by atoms with van der Waals surface area (Å²) in [6.07, 6.45) is 4.37. The molecule has 0 saturated carbocycles. The standard InChI is InChI=1S/C21H24FN5O4S/c22-15-4-3-5-17(12-15)32(29,30)25-19-8-7-16(31-21(19)14-28)9-11-27-13-20(24-26-27)18-6-1-2-10-23-18/h1-6,10,12-13,16,19,21,25,28H,7-9,11,14H2/t16-,19-,21+/m0/s1. The Morgan fingerprint density at radius 2 is 2.06 bits per heavy atom. The second-order valence-electron chi connectivity index (χ2n) is 7.61. The van der Waals surface area contributed by atoms with Crippen molar-refractivity contribution >= 4 is 10.0 Å². The summed E-state index contributed by atoms with van der Waals surface area (Å²) >= 11 is 0. The van der Waals surface area contributed by atoms with Gasteiger partial charge < -0.3 is 9.84 Å². The fraction of sp³-hybridized carbons (Fsp3) is 0.381. The Bertz CT molecular complexity index is 1140. The van der Waals surface area contributed by atoms with Crippen LogP contribution in [-0.2, 0) is 21.3 Å². The fourth-order valence-corrected chi connectivity index (χ4v) is 5.03. The monoisotopic (exact) mass is 461 g/mol. The van der Waals surface area contributed by atoms with E-state index in [0.29, 0.717) is 31.5 Å². The van der Waals surface area contributed by atoms with E-state index in [9.17, 15) is 17.9 Å². The van der Waals surface area contributed by atoms with Crippen molar-refractivity contribution in [2.45, 2.75) is 49.0 Å². The van der Waals surface area contributed by atoms with Crippen molar-refractivity contribution in [3.05, 3.63) is 60.7 Å². The SMILES string of the molecule is O=S(=O)(N[C@H]1CC[C@@H](CCn2cc(-c3ccccn3)nn2)O[C@@H]1CO)c1cccc(F)c1. The molecule has 0 radical (unpaired) electrons. The van der Waals surface area contributed by atoms with Crippen LogP contribution in [0, 0.1) is 5.82 Å². The van der Waals surface area contributed by atoms with Crippen LogP contribution in [0.5, 0.6) is 0 Å². The van der Waals surface area contributed by atoms with Gasteiger partial charge in [-0.25, -0.2) is 17.5 Å². The average molecular weight is 462 g/mol. The molecular formula is C21H24FN5O4S. The molecule has 0 amide bonds. The number of rotatable bonds is 8.